The van der Waals surface area contributed by atoms with E-state index >= 15 is 0 Å². The van der Waals surface area contributed by atoms with Crippen molar-refractivity contribution in [1.82, 2.24) is 4.90 Å². The molecule has 1 amide bonds. The minimum atomic E-state index is -0.577. The van der Waals surface area contributed by atoms with Crippen LogP contribution in [-0.4, -0.2) is 30.8 Å². The molecule has 1 rings (SSSR count). The average Bonchev–Trinajstić information content (AvgIpc) is 2.26. The van der Waals surface area contributed by atoms with E-state index in [0.717, 1.165) is 11.4 Å². The molecule has 0 atom stereocenters. The standard InChI is InChI=1S/C10H11ClN2O2/c1-13(10(11)14)7-12-8-3-5-9(15-2)6-4-8/h3-7H,1-2H3. The van der Waals surface area contributed by atoms with Gasteiger partial charge in [-0.05, 0) is 35.9 Å². The Labute approximate surface area is 93.1 Å². The first-order valence-corrected chi connectivity index (χ1v) is 4.62. The Balaban J connectivity index is 2.68. The Bertz CT molecular complexity index is 362. The molecule has 0 saturated heterocycles. The number of carbonyl (C=O) groups is 1. The first-order valence-electron chi connectivity index (χ1n) is 4.24. The molecule has 0 radical (unpaired) electrons. The lowest BCUT2D eigenvalue weighted by Gasteiger charge is -2.04. The number of benzene rings is 1. The highest BCUT2D eigenvalue weighted by molar-refractivity contribution is 6.63. The smallest absolute Gasteiger partial charge is 0.321 e. The molecule has 0 unspecified atom stereocenters. The molecule has 0 aromatic heterocycles. The molecule has 0 aliphatic rings. The molecule has 0 aliphatic heterocycles. The lowest BCUT2D eigenvalue weighted by molar-refractivity contribution is 0.248. The van der Waals surface area contributed by atoms with E-state index in [1.54, 1.807) is 31.4 Å². The summed E-state index contributed by atoms with van der Waals surface area (Å²) in [6.45, 7) is 0. The van der Waals surface area contributed by atoms with Crippen LogP contribution in [0, 0.1) is 0 Å². The van der Waals surface area contributed by atoms with E-state index in [1.807, 2.05) is 0 Å². The van der Waals surface area contributed by atoms with E-state index in [1.165, 1.54) is 18.3 Å². The minimum absolute atomic E-state index is 0.577. The van der Waals surface area contributed by atoms with Crippen LogP contribution < -0.4 is 4.74 Å². The zero-order chi connectivity index (χ0) is 11.3. The van der Waals surface area contributed by atoms with Crippen molar-refractivity contribution in [2.45, 2.75) is 0 Å². The number of hydrogen-bond donors (Lipinski definition) is 0. The molecule has 0 N–H and O–H groups in total. The topological polar surface area (TPSA) is 41.9 Å². The molecule has 0 aliphatic carbocycles. The number of aliphatic imine (C=N–C) groups is 1. The van der Waals surface area contributed by atoms with E-state index in [0.29, 0.717) is 0 Å². The average molecular weight is 227 g/mol. The van der Waals surface area contributed by atoms with Crippen molar-refractivity contribution in [3.63, 3.8) is 0 Å². The van der Waals surface area contributed by atoms with Gasteiger partial charge in [-0.2, -0.15) is 0 Å². The molecule has 0 fully saturated rings. The van der Waals surface area contributed by atoms with Crippen LogP contribution in [0.4, 0.5) is 10.5 Å². The molecule has 80 valence electrons. The highest BCUT2D eigenvalue weighted by atomic mass is 35.5. The van der Waals surface area contributed by atoms with Gasteiger partial charge in [0, 0.05) is 7.05 Å². The summed E-state index contributed by atoms with van der Waals surface area (Å²) < 4.78 is 5.00. The number of amides is 1. The molecule has 15 heavy (non-hydrogen) atoms. The first-order chi connectivity index (χ1) is 7.13. The summed E-state index contributed by atoms with van der Waals surface area (Å²) >= 11 is 5.22. The molecule has 1 aromatic rings. The van der Waals surface area contributed by atoms with Gasteiger partial charge in [0.2, 0.25) is 0 Å². The van der Waals surface area contributed by atoms with Gasteiger partial charge in [0.1, 0.15) is 5.75 Å². The van der Waals surface area contributed by atoms with Crippen molar-refractivity contribution in [3.8, 4) is 5.75 Å². The molecular formula is C10H11ClN2O2. The Kier molecular flexibility index (Phi) is 4.12. The summed E-state index contributed by atoms with van der Waals surface area (Å²) in [5, 5.41) is -0.577. The lowest BCUT2D eigenvalue weighted by Crippen LogP contribution is -2.17. The van der Waals surface area contributed by atoms with Gasteiger partial charge in [0.25, 0.3) is 0 Å². The van der Waals surface area contributed by atoms with Gasteiger partial charge in [-0.15, -0.1) is 0 Å². The summed E-state index contributed by atoms with van der Waals surface area (Å²) in [5.41, 5.74) is 0.723. The monoisotopic (exact) mass is 226 g/mol. The number of hydrogen-bond acceptors (Lipinski definition) is 3. The number of ether oxygens (including phenoxy) is 1. The Hall–Kier alpha value is -1.55. The van der Waals surface area contributed by atoms with Crippen LogP contribution in [0.5, 0.6) is 5.75 Å². The minimum Gasteiger partial charge on any atom is -0.497 e. The second kappa shape index (κ2) is 5.36. The van der Waals surface area contributed by atoms with E-state index in [-0.39, 0.29) is 0 Å². The Morgan fingerprint density at radius 3 is 2.53 bits per heavy atom. The van der Waals surface area contributed by atoms with Crippen molar-refractivity contribution in [1.29, 1.82) is 0 Å². The second-order valence-corrected chi connectivity index (χ2v) is 3.13. The quantitative estimate of drug-likeness (QED) is 0.344. The first kappa shape index (κ1) is 11.5. The SMILES string of the molecule is COc1ccc(N=CN(C)C(=O)Cl)cc1. The van der Waals surface area contributed by atoms with E-state index in [4.69, 9.17) is 16.3 Å². The number of rotatable bonds is 3. The largest absolute Gasteiger partial charge is 0.497 e. The summed E-state index contributed by atoms with van der Waals surface area (Å²) in [7, 11) is 3.13. The maximum atomic E-state index is 10.6. The molecule has 0 bridgehead atoms. The third kappa shape index (κ3) is 3.59. The zero-order valence-corrected chi connectivity index (χ0v) is 9.23. The van der Waals surface area contributed by atoms with E-state index in [9.17, 15) is 4.79 Å². The fraction of sp³-hybridized carbons (Fsp3) is 0.200. The van der Waals surface area contributed by atoms with Gasteiger partial charge >= 0.3 is 5.37 Å². The number of methoxy groups -OCH3 is 1. The summed E-state index contributed by atoms with van der Waals surface area (Å²) in [5.74, 6) is 0.760. The van der Waals surface area contributed by atoms with Crippen molar-refractivity contribution in [3.05, 3.63) is 24.3 Å². The second-order valence-electron chi connectivity index (χ2n) is 2.81. The van der Waals surface area contributed by atoms with Crippen LogP contribution in [-0.2, 0) is 0 Å². The lowest BCUT2D eigenvalue weighted by atomic mass is 10.3. The third-order valence-corrected chi connectivity index (χ3v) is 2.00. The molecule has 0 saturated carbocycles. The van der Waals surface area contributed by atoms with Gasteiger partial charge in [-0.3, -0.25) is 9.69 Å². The number of carbonyl (C=O) groups excluding carboxylic acids is 1. The number of halogens is 1. The molecule has 0 heterocycles. The maximum absolute atomic E-state index is 10.6. The molecule has 1 aromatic carbocycles. The van der Waals surface area contributed by atoms with Crippen molar-refractivity contribution < 1.29 is 9.53 Å². The van der Waals surface area contributed by atoms with E-state index in [2.05, 4.69) is 4.99 Å². The van der Waals surface area contributed by atoms with Crippen LogP contribution in [0.1, 0.15) is 0 Å². The summed E-state index contributed by atoms with van der Waals surface area (Å²) in [6, 6.07) is 7.13. The Morgan fingerprint density at radius 1 is 1.47 bits per heavy atom. The predicted molar refractivity (Wildman–Crippen MR) is 60.2 cm³/mol. The van der Waals surface area contributed by atoms with Gasteiger partial charge in [0.05, 0.1) is 19.1 Å². The highest BCUT2D eigenvalue weighted by Gasteiger charge is 1.99. The zero-order valence-electron chi connectivity index (χ0n) is 8.48. The van der Waals surface area contributed by atoms with Crippen LogP contribution >= 0.6 is 11.6 Å². The van der Waals surface area contributed by atoms with Crippen molar-refractivity contribution in [2.24, 2.45) is 4.99 Å². The van der Waals surface area contributed by atoms with E-state index < -0.39 is 5.37 Å². The van der Waals surface area contributed by atoms with Crippen molar-refractivity contribution >= 4 is 29.0 Å². The van der Waals surface area contributed by atoms with Gasteiger partial charge in [0.15, 0.2) is 0 Å². The molecule has 0 spiro atoms. The van der Waals surface area contributed by atoms with Crippen LogP contribution in [0.25, 0.3) is 0 Å². The summed E-state index contributed by atoms with van der Waals surface area (Å²) in [6.07, 6.45) is 1.36. The van der Waals surface area contributed by atoms with Gasteiger partial charge in [-0.1, -0.05) is 0 Å². The van der Waals surface area contributed by atoms with Crippen LogP contribution in [0.15, 0.2) is 29.3 Å². The van der Waals surface area contributed by atoms with Crippen LogP contribution in [0.3, 0.4) is 0 Å². The fourth-order valence-corrected chi connectivity index (χ4v) is 0.911. The molecule has 4 nitrogen and oxygen atoms in total. The fourth-order valence-electron chi connectivity index (χ4n) is 0.867. The highest BCUT2D eigenvalue weighted by Crippen LogP contribution is 2.17. The molecular weight excluding hydrogens is 216 g/mol. The third-order valence-electron chi connectivity index (χ3n) is 1.73. The predicted octanol–water partition coefficient (Wildman–Crippen LogP) is 2.65. The van der Waals surface area contributed by atoms with Crippen molar-refractivity contribution in [2.75, 3.05) is 14.2 Å². The normalized spacial score (nSPS) is 10.3. The van der Waals surface area contributed by atoms with Gasteiger partial charge < -0.3 is 4.74 Å². The number of nitrogens with zero attached hydrogens (tertiary/aromatic N) is 2. The van der Waals surface area contributed by atoms with Gasteiger partial charge in [-0.25, -0.2) is 4.99 Å². The molecule has 5 heteroatoms. The summed E-state index contributed by atoms with van der Waals surface area (Å²) in [4.78, 5) is 15.9. The maximum Gasteiger partial charge on any atom is 0.321 e. The Morgan fingerprint density at radius 2 is 2.07 bits per heavy atom. The van der Waals surface area contributed by atoms with Crippen LogP contribution in [0.2, 0.25) is 0 Å².